The number of guanidine groups is 1. The summed E-state index contributed by atoms with van der Waals surface area (Å²) >= 11 is 5.80. The number of anilines is 2. The fourth-order valence-electron chi connectivity index (χ4n) is 4.86. The summed E-state index contributed by atoms with van der Waals surface area (Å²) in [6.45, 7) is 8.57. The largest absolute Gasteiger partial charge is 0.381 e. The van der Waals surface area contributed by atoms with Crippen LogP contribution >= 0.6 is 11.6 Å². The molecule has 0 spiro atoms. The van der Waals surface area contributed by atoms with Gasteiger partial charge in [-0.1, -0.05) is 18.5 Å². The van der Waals surface area contributed by atoms with Crippen molar-refractivity contribution in [2.45, 2.75) is 64.5 Å². The van der Waals surface area contributed by atoms with E-state index in [-0.39, 0.29) is 34.6 Å². The minimum Gasteiger partial charge on any atom is -0.381 e. The number of imidazole rings is 1. The quantitative estimate of drug-likeness (QED) is 0.358. The third-order valence-corrected chi connectivity index (χ3v) is 7.45. The Morgan fingerprint density at radius 3 is 2.43 bits per heavy atom. The van der Waals surface area contributed by atoms with E-state index in [0.29, 0.717) is 56.4 Å². The first-order chi connectivity index (χ1) is 17.6. The van der Waals surface area contributed by atoms with Crippen molar-refractivity contribution in [1.82, 2.24) is 14.9 Å². The highest BCUT2D eigenvalue weighted by atomic mass is 35.5. The van der Waals surface area contributed by atoms with Crippen LogP contribution in [0.4, 0.5) is 26.2 Å². The van der Waals surface area contributed by atoms with Crippen molar-refractivity contribution in [2.24, 2.45) is 21.1 Å². The average molecular weight is 536 g/mol. The number of amides is 1. The lowest BCUT2D eigenvalue weighted by Crippen LogP contribution is -2.38. The smallest absolute Gasteiger partial charge is 0.224 e. The van der Waals surface area contributed by atoms with E-state index in [1.165, 1.54) is 0 Å². The lowest BCUT2D eigenvalue weighted by molar-refractivity contribution is -0.128. The summed E-state index contributed by atoms with van der Waals surface area (Å²) in [6, 6.07) is 2.04. The molecule has 12 heteroatoms. The molecule has 0 unspecified atom stereocenters. The highest BCUT2D eigenvalue weighted by Crippen LogP contribution is 2.44. The van der Waals surface area contributed by atoms with E-state index in [1.54, 1.807) is 6.92 Å². The Morgan fingerprint density at radius 1 is 1.24 bits per heavy atom. The van der Waals surface area contributed by atoms with E-state index in [1.807, 2.05) is 11.5 Å². The molecular weight excluding hydrogens is 504 g/mol. The zero-order valence-corrected chi connectivity index (χ0v) is 21.7. The zero-order chi connectivity index (χ0) is 26.7. The first-order valence-electron chi connectivity index (χ1n) is 12.3. The van der Waals surface area contributed by atoms with Gasteiger partial charge in [0.05, 0.1) is 5.69 Å². The Labute approximate surface area is 219 Å². The lowest BCUT2D eigenvalue weighted by Gasteiger charge is -2.36. The molecule has 1 aromatic carbocycles. The summed E-state index contributed by atoms with van der Waals surface area (Å²) in [5, 5.41) is 6.06. The summed E-state index contributed by atoms with van der Waals surface area (Å²) in [4.78, 5) is 25.4. The lowest BCUT2D eigenvalue weighted by atomic mass is 9.73. The molecule has 1 saturated carbocycles. The van der Waals surface area contributed by atoms with Crippen molar-refractivity contribution in [3.8, 4) is 0 Å². The number of carbonyl (C=O) groups is 1. The van der Waals surface area contributed by atoms with Crippen LogP contribution in [-0.4, -0.2) is 47.4 Å². The summed E-state index contributed by atoms with van der Waals surface area (Å²) in [6.07, 6.45) is 3.93. The van der Waals surface area contributed by atoms with Gasteiger partial charge < -0.3 is 21.1 Å². The molecule has 9 nitrogen and oxygen atoms in total. The summed E-state index contributed by atoms with van der Waals surface area (Å²) < 4.78 is 36.5. The molecule has 0 atom stereocenters. The van der Waals surface area contributed by atoms with Crippen LogP contribution in [0.15, 0.2) is 22.1 Å². The predicted molar refractivity (Wildman–Crippen MR) is 140 cm³/mol. The second-order valence-corrected chi connectivity index (χ2v) is 10.3. The molecule has 0 radical (unpaired) electrons. The molecule has 1 aliphatic heterocycles. The summed E-state index contributed by atoms with van der Waals surface area (Å²) in [7, 11) is 0. The molecule has 200 valence electrons. The average Bonchev–Trinajstić information content (AvgIpc) is 3.16. The molecule has 1 aliphatic carbocycles. The standard InChI is InChI=1S/C25H32ClF2N7O2/c1-14-21(34-23(30-3)32-16-6-10-37-11-7-16)35(17-4-8-25(2,9-5-17)22(29)36)24(31-14)33-20-18(27)12-15(26)13-19(20)28/h12-13,16-17H,3-11H2,1-2H3,(H2,29,36)(H,31,33)(H,32,34)/t17-,25+. The van der Waals surface area contributed by atoms with Gasteiger partial charge in [-0.15, -0.1) is 0 Å². The molecule has 1 saturated heterocycles. The van der Waals surface area contributed by atoms with E-state index >= 15 is 0 Å². The number of aliphatic imine (C=N–C) groups is 2. The topological polar surface area (TPSA) is 119 Å². The van der Waals surface area contributed by atoms with Gasteiger partial charge in [0.25, 0.3) is 0 Å². The summed E-state index contributed by atoms with van der Waals surface area (Å²) in [5.74, 6) is -1.01. The van der Waals surface area contributed by atoms with Crippen LogP contribution < -0.4 is 16.4 Å². The van der Waals surface area contributed by atoms with Gasteiger partial charge in [-0.05, 0) is 64.3 Å². The maximum absolute atomic E-state index is 14.6. The number of rotatable bonds is 6. The number of primary amides is 1. The molecule has 4 rings (SSSR count). The molecule has 1 amide bonds. The maximum Gasteiger partial charge on any atom is 0.224 e. The normalized spacial score (nSPS) is 23.1. The maximum atomic E-state index is 14.6. The Kier molecular flexibility index (Phi) is 8.13. The van der Waals surface area contributed by atoms with E-state index < -0.39 is 17.0 Å². The van der Waals surface area contributed by atoms with Gasteiger partial charge in [-0.2, -0.15) is 4.99 Å². The number of hydrogen-bond acceptors (Lipinski definition) is 5. The molecule has 2 aromatic rings. The zero-order valence-electron chi connectivity index (χ0n) is 21.0. The second-order valence-electron chi connectivity index (χ2n) is 9.86. The van der Waals surface area contributed by atoms with Crippen LogP contribution in [0.1, 0.15) is 57.2 Å². The molecule has 1 aromatic heterocycles. The number of nitrogens with two attached hydrogens (primary N) is 1. The summed E-state index contributed by atoms with van der Waals surface area (Å²) in [5.41, 5.74) is 5.20. The molecular formula is C25H32ClF2N7O2. The molecule has 2 heterocycles. The predicted octanol–water partition coefficient (Wildman–Crippen LogP) is 4.93. The number of nitrogens with zero attached hydrogens (tertiary/aromatic N) is 4. The van der Waals surface area contributed by atoms with E-state index in [0.717, 1.165) is 25.0 Å². The van der Waals surface area contributed by atoms with Crippen LogP contribution in [0.2, 0.25) is 5.02 Å². The molecule has 4 N–H and O–H groups in total. The molecule has 0 bridgehead atoms. The third-order valence-electron chi connectivity index (χ3n) is 7.23. The number of aromatic nitrogens is 2. The van der Waals surface area contributed by atoms with Crippen molar-refractivity contribution < 1.29 is 18.3 Å². The van der Waals surface area contributed by atoms with Crippen LogP contribution in [0.25, 0.3) is 0 Å². The van der Waals surface area contributed by atoms with E-state index in [9.17, 15) is 13.6 Å². The van der Waals surface area contributed by atoms with Gasteiger partial charge in [-0.25, -0.2) is 18.8 Å². The molecule has 2 fully saturated rings. The third kappa shape index (κ3) is 5.93. The number of ether oxygens (including phenoxy) is 1. The number of halogens is 3. The fraction of sp³-hybridized carbons (Fsp3) is 0.520. The second kappa shape index (κ2) is 11.1. The van der Waals surface area contributed by atoms with E-state index in [4.69, 9.17) is 27.1 Å². The van der Waals surface area contributed by atoms with Crippen LogP contribution in [0.5, 0.6) is 0 Å². The first-order valence-corrected chi connectivity index (χ1v) is 12.7. The van der Waals surface area contributed by atoms with Crippen molar-refractivity contribution in [3.05, 3.63) is 34.5 Å². The van der Waals surface area contributed by atoms with Gasteiger partial charge in [-0.3, -0.25) is 9.36 Å². The van der Waals surface area contributed by atoms with Crippen molar-refractivity contribution >= 4 is 47.6 Å². The highest BCUT2D eigenvalue weighted by molar-refractivity contribution is 6.30. The Balaban J connectivity index is 1.73. The Bertz CT molecular complexity index is 1180. The van der Waals surface area contributed by atoms with Crippen LogP contribution in [-0.2, 0) is 9.53 Å². The SMILES string of the molecule is C=N/C(=N\c1c(C)nc(Nc2c(F)cc(Cl)cc2F)n1[C@H]1CC[C@@](C)(C(N)=O)CC1)NC1CCOCC1. The van der Waals surface area contributed by atoms with Crippen molar-refractivity contribution in [3.63, 3.8) is 0 Å². The minimum atomic E-state index is -0.846. The number of benzene rings is 1. The van der Waals surface area contributed by atoms with Crippen molar-refractivity contribution in [1.29, 1.82) is 0 Å². The minimum absolute atomic E-state index is 0.0516. The Hall–Kier alpha value is -3.05. The van der Waals surface area contributed by atoms with E-state index in [2.05, 4.69) is 27.3 Å². The van der Waals surface area contributed by atoms with Gasteiger partial charge >= 0.3 is 0 Å². The van der Waals surface area contributed by atoms with Gasteiger partial charge in [0.15, 0.2) is 17.5 Å². The van der Waals surface area contributed by atoms with Crippen LogP contribution in [0.3, 0.4) is 0 Å². The first kappa shape index (κ1) is 27.0. The monoisotopic (exact) mass is 535 g/mol. The van der Waals surface area contributed by atoms with Gasteiger partial charge in [0.2, 0.25) is 17.8 Å². The van der Waals surface area contributed by atoms with Crippen LogP contribution in [0, 0.1) is 24.0 Å². The number of nitrogens with one attached hydrogen (secondary N) is 2. The van der Waals surface area contributed by atoms with Crippen molar-refractivity contribution in [2.75, 3.05) is 18.5 Å². The number of hydrogen-bond donors (Lipinski definition) is 3. The molecule has 37 heavy (non-hydrogen) atoms. The Morgan fingerprint density at radius 2 is 1.86 bits per heavy atom. The fourth-order valence-corrected chi connectivity index (χ4v) is 5.05. The number of carbonyl (C=O) groups excluding carboxylic acids is 1. The van der Waals surface area contributed by atoms with Gasteiger partial charge in [0, 0.05) is 35.7 Å². The molecule has 2 aliphatic rings. The van der Waals surface area contributed by atoms with Gasteiger partial charge in [0.1, 0.15) is 5.69 Å². The number of aryl methyl sites for hydroxylation is 1. The highest BCUT2D eigenvalue weighted by Gasteiger charge is 2.38.